The summed E-state index contributed by atoms with van der Waals surface area (Å²) in [5.41, 5.74) is 22.0. The largest absolute Gasteiger partial charge is 0.323 e. The molecule has 0 amide bonds. The van der Waals surface area contributed by atoms with Gasteiger partial charge in [0.1, 0.15) is 5.82 Å². The highest BCUT2D eigenvalue weighted by molar-refractivity contribution is 7.18. The van der Waals surface area contributed by atoms with Crippen LogP contribution in [0.5, 0.6) is 0 Å². The lowest BCUT2D eigenvalue weighted by Gasteiger charge is -1.99. The molecule has 0 radical (unpaired) electrons. The van der Waals surface area contributed by atoms with Crippen LogP contribution in [0.4, 0.5) is 0 Å². The van der Waals surface area contributed by atoms with Gasteiger partial charge in [0, 0.05) is 78.2 Å². The Kier molecular flexibility index (Phi) is 26.4. The first-order chi connectivity index (χ1) is 41.5. The van der Waals surface area contributed by atoms with Crippen molar-refractivity contribution in [1.82, 2.24) is 34.3 Å². The second-order valence-electron chi connectivity index (χ2n) is 22.0. The van der Waals surface area contributed by atoms with Gasteiger partial charge in [-0.3, -0.25) is 15.0 Å². The van der Waals surface area contributed by atoms with Crippen LogP contribution in [0.25, 0.3) is 48.4 Å². The van der Waals surface area contributed by atoms with Crippen molar-refractivity contribution in [2.45, 2.75) is 125 Å². The van der Waals surface area contributed by atoms with Crippen molar-refractivity contribution in [3.63, 3.8) is 0 Å². The molecule has 0 fully saturated rings. The summed E-state index contributed by atoms with van der Waals surface area (Å²) >= 11 is 7.17. The number of hydrogen-bond acceptors (Lipinski definition) is 10. The lowest BCUT2D eigenvalue weighted by Crippen LogP contribution is -1.87. The molecule has 0 saturated carbocycles. The highest BCUT2D eigenvalue weighted by Gasteiger charge is 2.01. The smallest absolute Gasteiger partial charge is 0.125 e. The van der Waals surface area contributed by atoms with Crippen molar-refractivity contribution in [2.24, 2.45) is 0 Å². The summed E-state index contributed by atoms with van der Waals surface area (Å²) in [4.78, 5) is 30.0. The maximum atomic E-state index is 4.44. The Balaban J connectivity index is 0.000000158. The summed E-state index contributed by atoms with van der Waals surface area (Å²) in [6.45, 7) is 37.4. The molecule has 0 aliphatic heterocycles. The van der Waals surface area contributed by atoms with E-state index in [-0.39, 0.29) is 0 Å². The molecule has 4 aromatic carbocycles. The van der Waals surface area contributed by atoms with E-state index in [0.717, 1.165) is 55.4 Å². The lowest BCUT2D eigenvalue weighted by atomic mass is 10.1. The Bertz CT molecular complexity index is 4110. The predicted molar refractivity (Wildman–Crippen MR) is 383 cm³/mol. The summed E-state index contributed by atoms with van der Waals surface area (Å²) in [5.74, 6) is 0.827. The van der Waals surface area contributed by atoms with Crippen LogP contribution >= 0.6 is 45.3 Å². The van der Waals surface area contributed by atoms with Gasteiger partial charge in [0.25, 0.3) is 0 Å². The average molecular weight is 1220 g/mol. The first-order valence-corrected chi connectivity index (χ1v) is 32.6. The standard InChI is InChI=1S/2C11H11N.C10H10N2.C10H11N.C9H9NS.C7H9N.3C6H8S/c1-8-3-5-10-6-4-9(2)12-11(10)7-8;1-8-3-4-10-5-9(2)7-12-11(10)6-8;1-7-3-4-9-6-11-8(2)12-10(9)5-7;1-8-3-4-10-9(2)5-6-11(10)7-8;1-6-3-4-8-9(5-6)11-7(2)10-8;1-6-4-3-5-7(2)8-6;1-5-3-7-4-6(5)2;1-5-3-4-7-6(5)2;1-5-3-4-6(2)7-5/h2*3-7H,1-2H3;3-6H,1-2H3;3-7H,1-2H3;3-5H,1-2H3;3-5H,1-2H3;3*3-4H,1-2H3. The van der Waals surface area contributed by atoms with E-state index in [2.05, 4.69) is 268 Å². The number of fused-ring (bicyclic) bond motifs is 5. The molecular weight excluding hydrogens is 1140 g/mol. The van der Waals surface area contributed by atoms with E-state index in [0.29, 0.717) is 0 Å². The van der Waals surface area contributed by atoms with E-state index in [1.807, 2.05) is 88.7 Å². The van der Waals surface area contributed by atoms with Gasteiger partial charge in [-0.15, -0.1) is 34.0 Å². The van der Waals surface area contributed by atoms with Crippen LogP contribution in [0.1, 0.15) is 98.2 Å². The summed E-state index contributed by atoms with van der Waals surface area (Å²) < 4.78 is 3.45. The third kappa shape index (κ3) is 23.0. The molecule has 10 aromatic heterocycles. The zero-order valence-electron chi connectivity index (χ0n) is 54.2. The molecule has 0 unspecified atom stereocenters. The highest BCUT2D eigenvalue weighted by atomic mass is 32.1. The molecule has 11 heteroatoms. The monoisotopic (exact) mass is 1220 g/mol. The molecule has 87 heavy (non-hydrogen) atoms. The number of benzene rings is 4. The fourth-order valence-corrected chi connectivity index (χ4v) is 11.8. The molecule has 14 rings (SSSR count). The normalized spacial score (nSPS) is 10.2. The van der Waals surface area contributed by atoms with E-state index in [1.165, 1.54) is 91.3 Å². The Hall–Kier alpha value is -8.06. The molecule has 0 N–H and O–H groups in total. The van der Waals surface area contributed by atoms with Gasteiger partial charge in [-0.2, -0.15) is 11.3 Å². The number of hydrogen-bond donors (Lipinski definition) is 0. The van der Waals surface area contributed by atoms with Crippen LogP contribution in [0.2, 0.25) is 0 Å². The molecular formula is C76H85N7S4. The maximum absolute atomic E-state index is 4.44. The predicted octanol–water partition coefficient (Wildman–Crippen LogP) is 22.2. The van der Waals surface area contributed by atoms with Crippen LogP contribution in [-0.2, 0) is 0 Å². The summed E-state index contributed by atoms with van der Waals surface area (Å²) in [5, 5.41) is 11.1. The van der Waals surface area contributed by atoms with Gasteiger partial charge in [-0.1, -0.05) is 60.7 Å². The fourth-order valence-electron chi connectivity index (χ4n) is 8.52. The van der Waals surface area contributed by atoms with Gasteiger partial charge in [0.05, 0.1) is 31.8 Å². The van der Waals surface area contributed by atoms with Crippen molar-refractivity contribution >= 4 is 93.8 Å². The molecule has 0 saturated heterocycles. The van der Waals surface area contributed by atoms with E-state index in [9.17, 15) is 0 Å². The number of pyridine rings is 4. The zero-order chi connectivity index (χ0) is 63.2. The van der Waals surface area contributed by atoms with E-state index in [4.69, 9.17) is 0 Å². The van der Waals surface area contributed by atoms with Gasteiger partial charge in [-0.25, -0.2) is 15.0 Å². The number of aromatic nitrogens is 7. The number of nitrogens with zero attached hydrogens (tertiary/aromatic N) is 7. The third-order valence-corrected chi connectivity index (χ3v) is 17.4. The minimum Gasteiger partial charge on any atom is -0.323 e. The second kappa shape index (κ2) is 33.7. The molecule has 0 spiro atoms. The van der Waals surface area contributed by atoms with Gasteiger partial charge in [0.15, 0.2) is 0 Å². The maximum Gasteiger partial charge on any atom is 0.125 e. The lowest BCUT2D eigenvalue weighted by molar-refractivity contribution is 1.09. The van der Waals surface area contributed by atoms with Crippen molar-refractivity contribution in [1.29, 1.82) is 0 Å². The number of rotatable bonds is 0. The summed E-state index contributed by atoms with van der Waals surface area (Å²) in [6, 6.07) is 50.4. The zero-order valence-corrected chi connectivity index (χ0v) is 57.4. The third-order valence-electron chi connectivity index (χ3n) is 13.6. The minimum absolute atomic E-state index is 0.827. The summed E-state index contributed by atoms with van der Waals surface area (Å²) in [6.07, 6.45) is 8.00. The molecule has 7 nitrogen and oxygen atoms in total. The van der Waals surface area contributed by atoms with E-state index in [1.54, 1.807) is 34.0 Å². The number of aryl methyl sites for hydroxylation is 18. The Morgan fingerprint density at radius 2 is 0.931 bits per heavy atom. The number of thiazole rings is 1. The van der Waals surface area contributed by atoms with Crippen LogP contribution in [0, 0.1) is 125 Å². The van der Waals surface area contributed by atoms with Gasteiger partial charge in [-0.05, 0) is 281 Å². The first-order valence-electron chi connectivity index (χ1n) is 29.2. The van der Waals surface area contributed by atoms with Gasteiger partial charge in [0.2, 0.25) is 0 Å². The highest BCUT2D eigenvalue weighted by Crippen LogP contribution is 2.23. The second-order valence-corrected chi connectivity index (χ2v) is 26.6. The van der Waals surface area contributed by atoms with Crippen molar-refractivity contribution < 1.29 is 0 Å². The Labute approximate surface area is 533 Å². The van der Waals surface area contributed by atoms with Crippen LogP contribution in [0.15, 0.2) is 187 Å². The Morgan fingerprint density at radius 1 is 0.368 bits per heavy atom. The van der Waals surface area contributed by atoms with Gasteiger partial charge < -0.3 is 4.40 Å². The van der Waals surface area contributed by atoms with Crippen molar-refractivity contribution in [2.75, 3.05) is 0 Å². The molecule has 448 valence electrons. The fraction of sp³-hybridized carbons (Fsp3) is 0.237. The van der Waals surface area contributed by atoms with E-state index >= 15 is 0 Å². The molecule has 0 bridgehead atoms. The van der Waals surface area contributed by atoms with Gasteiger partial charge >= 0.3 is 0 Å². The molecule has 14 aromatic rings. The van der Waals surface area contributed by atoms with Crippen LogP contribution in [-0.4, -0.2) is 34.3 Å². The summed E-state index contributed by atoms with van der Waals surface area (Å²) in [7, 11) is 0. The SMILES string of the molecule is Cc1ccc(C)s1.Cc1ccc2c(C)ccn2c1.Cc1ccc2ccc(C)nc2c1.Cc1ccc2cnc(C)nc2c1.Cc1ccc2nc(C)sc2c1.Cc1cccc(C)n1.Cc1ccsc1C.Cc1cnc2cc(C)ccc2c1.Cc1cscc1C. The first kappa shape index (κ1) is 68.1. The van der Waals surface area contributed by atoms with Crippen LogP contribution < -0.4 is 0 Å². The molecule has 0 aliphatic rings. The topological polar surface area (TPSA) is 81.8 Å². The quantitative estimate of drug-likeness (QED) is 0.150. The average Bonchev–Trinajstić information content (AvgIpc) is 3.78. The number of thiophene rings is 3. The molecule has 10 heterocycles. The van der Waals surface area contributed by atoms with Crippen molar-refractivity contribution in [3.05, 3.63) is 285 Å². The van der Waals surface area contributed by atoms with E-state index < -0.39 is 0 Å². The molecule has 0 atom stereocenters. The Morgan fingerprint density at radius 3 is 1.48 bits per heavy atom. The molecule has 0 aliphatic carbocycles. The minimum atomic E-state index is 0.827. The van der Waals surface area contributed by atoms with Crippen LogP contribution in [0.3, 0.4) is 0 Å². The van der Waals surface area contributed by atoms with Crippen molar-refractivity contribution in [3.8, 4) is 0 Å².